The highest BCUT2D eigenvalue weighted by Crippen LogP contribution is 2.43. The van der Waals surface area contributed by atoms with Crippen molar-refractivity contribution in [2.75, 3.05) is 13.2 Å². The van der Waals surface area contributed by atoms with Crippen molar-refractivity contribution in [2.45, 2.75) is 67.2 Å². The SMILES string of the molecule is CC(C)=CCC/C(C)=C\COP(=O)(O)OC/C=C(/C)CCC=C(C)C. The molecule has 0 aromatic rings. The van der Waals surface area contributed by atoms with Crippen molar-refractivity contribution in [1.29, 1.82) is 0 Å². The smallest absolute Gasteiger partial charge is 0.302 e. The molecule has 0 spiro atoms. The van der Waals surface area contributed by atoms with E-state index in [0.717, 1.165) is 36.8 Å². The molecule has 0 rings (SSSR count). The Labute approximate surface area is 153 Å². The van der Waals surface area contributed by atoms with E-state index in [0.29, 0.717) is 0 Å². The van der Waals surface area contributed by atoms with Crippen LogP contribution in [0.3, 0.4) is 0 Å². The molecule has 0 aromatic heterocycles. The van der Waals surface area contributed by atoms with Gasteiger partial charge >= 0.3 is 7.82 Å². The molecule has 25 heavy (non-hydrogen) atoms. The Morgan fingerprint density at radius 3 is 1.44 bits per heavy atom. The first-order chi connectivity index (χ1) is 11.6. The second kappa shape index (κ2) is 13.3. The van der Waals surface area contributed by atoms with E-state index in [-0.39, 0.29) is 13.2 Å². The van der Waals surface area contributed by atoms with E-state index in [1.165, 1.54) is 11.1 Å². The molecule has 0 amide bonds. The fraction of sp³-hybridized carbons (Fsp3) is 0.600. The fourth-order valence-electron chi connectivity index (χ4n) is 1.97. The van der Waals surface area contributed by atoms with Gasteiger partial charge in [-0.3, -0.25) is 9.05 Å². The van der Waals surface area contributed by atoms with Crippen LogP contribution in [0.1, 0.15) is 67.2 Å². The molecule has 0 heterocycles. The molecule has 0 aliphatic rings. The molecule has 0 fully saturated rings. The average Bonchev–Trinajstić information content (AvgIpc) is 2.45. The molecular weight excluding hydrogens is 335 g/mol. The van der Waals surface area contributed by atoms with Gasteiger partial charge < -0.3 is 4.89 Å². The van der Waals surface area contributed by atoms with E-state index in [2.05, 4.69) is 39.8 Å². The molecule has 5 heteroatoms. The van der Waals surface area contributed by atoms with Crippen LogP contribution in [0, 0.1) is 0 Å². The van der Waals surface area contributed by atoms with Crippen molar-refractivity contribution < 1.29 is 18.5 Å². The maximum absolute atomic E-state index is 11.8. The van der Waals surface area contributed by atoms with Gasteiger partial charge in [0.05, 0.1) is 13.2 Å². The normalized spacial score (nSPS) is 14.8. The number of phosphoric acid groups is 1. The minimum absolute atomic E-state index is 0.0811. The van der Waals surface area contributed by atoms with Gasteiger partial charge in [0.25, 0.3) is 0 Å². The highest BCUT2D eigenvalue weighted by Gasteiger charge is 2.19. The molecular formula is C20H35O4P. The third-order valence-electron chi connectivity index (χ3n) is 3.52. The van der Waals surface area contributed by atoms with Crippen LogP contribution >= 0.6 is 7.82 Å². The molecule has 0 aliphatic heterocycles. The van der Waals surface area contributed by atoms with E-state index in [4.69, 9.17) is 9.05 Å². The maximum atomic E-state index is 11.8. The Bertz CT molecular complexity index is 502. The summed E-state index contributed by atoms with van der Waals surface area (Å²) >= 11 is 0. The summed E-state index contributed by atoms with van der Waals surface area (Å²) in [6, 6.07) is 0. The lowest BCUT2D eigenvalue weighted by molar-refractivity contribution is 0.174. The second-order valence-corrected chi connectivity index (χ2v) is 8.25. The van der Waals surface area contributed by atoms with Crippen molar-refractivity contribution in [1.82, 2.24) is 0 Å². The summed E-state index contributed by atoms with van der Waals surface area (Å²) < 4.78 is 21.8. The first kappa shape index (κ1) is 24.1. The summed E-state index contributed by atoms with van der Waals surface area (Å²) in [6.07, 6.45) is 11.8. The highest BCUT2D eigenvalue weighted by atomic mass is 31.2. The van der Waals surface area contributed by atoms with Crippen molar-refractivity contribution in [3.63, 3.8) is 0 Å². The second-order valence-electron chi connectivity index (χ2n) is 6.80. The Kier molecular flexibility index (Phi) is 12.8. The molecule has 0 radical (unpaired) electrons. The predicted molar refractivity (Wildman–Crippen MR) is 107 cm³/mol. The number of hydrogen-bond donors (Lipinski definition) is 1. The summed E-state index contributed by atoms with van der Waals surface area (Å²) in [5, 5.41) is 0. The van der Waals surface area contributed by atoms with E-state index >= 15 is 0 Å². The largest absolute Gasteiger partial charge is 0.472 e. The topological polar surface area (TPSA) is 55.8 Å². The Hall–Kier alpha value is -0.930. The minimum atomic E-state index is -4.00. The summed E-state index contributed by atoms with van der Waals surface area (Å²) in [7, 11) is -4.00. The van der Waals surface area contributed by atoms with E-state index in [9.17, 15) is 9.46 Å². The van der Waals surface area contributed by atoms with Crippen LogP contribution in [0.2, 0.25) is 0 Å². The quantitative estimate of drug-likeness (QED) is 0.314. The van der Waals surface area contributed by atoms with Gasteiger partial charge in [0.1, 0.15) is 0 Å². The van der Waals surface area contributed by atoms with Gasteiger partial charge in [-0.25, -0.2) is 4.57 Å². The summed E-state index contributed by atoms with van der Waals surface area (Å²) in [5.41, 5.74) is 4.85. The minimum Gasteiger partial charge on any atom is -0.302 e. The van der Waals surface area contributed by atoms with E-state index < -0.39 is 7.82 Å². The Balaban J connectivity index is 4.13. The lowest BCUT2D eigenvalue weighted by atomic mass is 10.1. The summed E-state index contributed by atoms with van der Waals surface area (Å²) in [5.74, 6) is 0. The van der Waals surface area contributed by atoms with Gasteiger partial charge in [0, 0.05) is 0 Å². The van der Waals surface area contributed by atoms with Crippen LogP contribution in [0.4, 0.5) is 0 Å². The van der Waals surface area contributed by atoms with Crippen LogP contribution in [0.5, 0.6) is 0 Å². The zero-order valence-corrected chi connectivity index (χ0v) is 17.6. The van der Waals surface area contributed by atoms with Gasteiger partial charge in [-0.2, -0.15) is 0 Å². The Morgan fingerprint density at radius 2 is 1.12 bits per heavy atom. The zero-order valence-electron chi connectivity index (χ0n) is 16.7. The van der Waals surface area contributed by atoms with Crippen LogP contribution in [-0.2, 0) is 13.6 Å². The third kappa shape index (κ3) is 16.3. The van der Waals surface area contributed by atoms with E-state index in [1.54, 1.807) is 0 Å². The first-order valence-electron chi connectivity index (χ1n) is 8.82. The molecule has 144 valence electrons. The van der Waals surface area contributed by atoms with Crippen LogP contribution in [0.25, 0.3) is 0 Å². The number of phosphoric ester groups is 1. The third-order valence-corrected chi connectivity index (χ3v) is 4.47. The number of hydrogen-bond acceptors (Lipinski definition) is 3. The van der Waals surface area contributed by atoms with Gasteiger partial charge in [0.15, 0.2) is 0 Å². The van der Waals surface area contributed by atoms with Crippen LogP contribution < -0.4 is 0 Å². The fourth-order valence-corrected chi connectivity index (χ4v) is 2.57. The van der Waals surface area contributed by atoms with Crippen LogP contribution in [-0.4, -0.2) is 18.1 Å². The molecule has 4 nitrogen and oxygen atoms in total. The molecule has 1 N–H and O–H groups in total. The van der Waals surface area contributed by atoms with Crippen molar-refractivity contribution in [2.24, 2.45) is 0 Å². The van der Waals surface area contributed by atoms with Crippen LogP contribution in [0.15, 0.2) is 46.6 Å². The first-order valence-corrected chi connectivity index (χ1v) is 10.3. The monoisotopic (exact) mass is 370 g/mol. The van der Waals surface area contributed by atoms with Gasteiger partial charge in [-0.15, -0.1) is 0 Å². The Morgan fingerprint density at radius 1 is 0.760 bits per heavy atom. The van der Waals surface area contributed by atoms with Crippen molar-refractivity contribution in [3.8, 4) is 0 Å². The molecule has 0 unspecified atom stereocenters. The molecule has 0 bridgehead atoms. The summed E-state index contributed by atoms with van der Waals surface area (Å²) in [4.78, 5) is 9.67. The molecule has 0 aliphatic carbocycles. The lowest BCUT2D eigenvalue weighted by Gasteiger charge is -2.10. The molecule has 0 aromatic carbocycles. The van der Waals surface area contributed by atoms with Crippen molar-refractivity contribution >= 4 is 7.82 Å². The van der Waals surface area contributed by atoms with E-state index in [1.807, 2.05) is 26.0 Å². The molecule has 0 saturated heterocycles. The number of allylic oxidation sites excluding steroid dienone is 6. The predicted octanol–water partition coefficient (Wildman–Crippen LogP) is 6.51. The standard InChI is InChI=1S/C20H35O4P/c1-17(2)9-7-11-19(5)13-15-23-25(21,22)24-16-14-20(6)12-8-10-18(3)4/h9-10,13-14H,7-8,11-12,15-16H2,1-6H3,(H,21,22)/b19-13-,20-14-. The van der Waals surface area contributed by atoms with Gasteiger partial charge in [-0.1, -0.05) is 46.6 Å². The summed E-state index contributed by atoms with van der Waals surface area (Å²) in [6.45, 7) is 12.4. The highest BCUT2D eigenvalue weighted by molar-refractivity contribution is 7.47. The number of rotatable bonds is 12. The lowest BCUT2D eigenvalue weighted by Crippen LogP contribution is -1.97. The maximum Gasteiger partial charge on any atom is 0.472 e. The molecule has 0 saturated carbocycles. The van der Waals surface area contributed by atoms with Crippen molar-refractivity contribution in [3.05, 3.63) is 46.6 Å². The molecule has 0 atom stereocenters. The zero-order chi connectivity index (χ0) is 19.3. The van der Waals surface area contributed by atoms with Gasteiger partial charge in [0.2, 0.25) is 0 Å². The average molecular weight is 370 g/mol. The van der Waals surface area contributed by atoms with Gasteiger partial charge in [-0.05, 0) is 67.2 Å².